The Bertz CT molecular complexity index is 1010. The predicted molar refractivity (Wildman–Crippen MR) is 104 cm³/mol. The summed E-state index contributed by atoms with van der Waals surface area (Å²) in [4.78, 5) is 15.8. The van der Waals surface area contributed by atoms with E-state index in [1.54, 1.807) is 0 Å². The monoisotopic (exact) mass is 360 g/mol. The molecule has 5 heteroatoms. The molecule has 0 radical (unpaired) electrons. The van der Waals surface area contributed by atoms with Gasteiger partial charge in [-0.05, 0) is 29.3 Å². The smallest absolute Gasteiger partial charge is 0.323 e. The van der Waals surface area contributed by atoms with Crippen molar-refractivity contribution in [3.05, 3.63) is 65.4 Å². The molecular formula is C22H20N2O3. The fourth-order valence-corrected chi connectivity index (χ4v) is 3.67. The van der Waals surface area contributed by atoms with Crippen molar-refractivity contribution >= 4 is 16.9 Å². The number of H-pyrrole nitrogens is 1. The van der Waals surface area contributed by atoms with Crippen LogP contribution in [-0.4, -0.2) is 30.7 Å². The molecule has 1 aromatic heterocycles. The molecule has 5 nitrogen and oxygen atoms in total. The molecule has 3 aromatic rings. The molecule has 2 atom stereocenters. The third kappa shape index (κ3) is 3.16. The van der Waals surface area contributed by atoms with Crippen molar-refractivity contribution in [2.24, 2.45) is 0 Å². The molecule has 2 aromatic carbocycles. The summed E-state index contributed by atoms with van der Waals surface area (Å²) < 4.78 is 10.4. The first-order valence-electron chi connectivity index (χ1n) is 8.81. The quantitative estimate of drug-likeness (QED) is 0.555. The van der Waals surface area contributed by atoms with Gasteiger partial charge in [0.1, 0.15) is 18.4 Å². The van der Waals surface area contributed by atoms with E-state index in [-0.39, 0.29) is 18.6 Å². The minimum Gasteiger partial charge on any atom is -0.481 e. The van der Waals surface area contributed by atoms with Gasteiger partial charge in [-0.1, -0.05) is 36.3 Å². The number of hydrogen-bond acceptors (Lipinski definition) is 4. The van der Waals surface area contributed by atoms with E-state index in [0.717, 1.165) is 27.7 Å². The highest BCUT2D eigenvalue weighted by Crippen LogP contribution is 2.35. The molecule has 4 rings (SSSR count). The Kier molecular flexibility index (Phi) is 4.57. The maximum Gasteiger partial charge on any atom is 0.323 e. The Morgan fingerprint density at radius 3 is 2.74 bits per heavy atom. The average Bonchev–Trinajstić information content (AvgIpc) is 3.10. The number of aromatic nitrogens is 1. The number of hydrogen-bond donors (Lipinski definition) is 2. The Morgan fingerprint density at radius 1 is 1.22 bits per heavy atom. The topological polar surface area (TPSA) is 63.4 Å². The third-order valence-electron chi connectivity index (χ3n) is 4.93. The van der Waals surface area contributed by atoms with E-state index in [1.165, 1.54) is 7.11 Å². The van der Waals surface area contributed by atoms with Gasteiger partial charge < -0.3 is 14.5 Å². The predicted octanol–water partition coefficient (Wildman–Crippen LogP) is 2.96. The van der Waals surface area contributed by atoms with Crippen molar-refractivity contribution in [2.45, 2.75) is 18.5 Å². The van der Waals surface area contributed by atoms with Crippen molar-refractivity contribution in [3.63, 3.8) is 0 Å². The van der Waals surface area contributed by atoms with Crippen LogP contribution in [0.2, 0.25) is 0 Å². The van der Waals surface area contributed by atoms with Crippen LogP contribution in [0.15, 0.2) is 48.5 Å². The first-order valence-corrected chi connectivity index (χ1v) is 8.81. The molecule has 2 heterocycles. The standard InChI is InChI=1S/C22H20N2O3/c1-3-12-27-15-10-8-14(9-11-15)20-21-17(13-19(24-20)22(25)26-2)16-6-4-5-7-18(16)23-21/h1,4-11,19-20,23-24H,12-13H2,2H3/t19-,20?/m1/s1. The van der Waals surface area contributed by atoms with Crippen LogP contribution in [-0.2, 0) is 16.0 Å². The molecule has 0 aliphatic carbocycles. The molecule has 0 saturated heterocycles. The summed E-state index contributed by atoms with van der Waals surface area (Å²) in [6.07, 6.45) is 5.83. The van der Waals surface area contributed by atoms with E-state index in [9.17, 15) is 4.79 Å². The number of fused-ring (bicyclic) bond motifs is 3. The van der Waals surface area contributed by atoms with Gasteiger partial charge in [-0.3, -0.25) is 10.1 Å². The molecule has 0 saturated carbocycles. The molecule has 0 fully saturated rings. The van der Waals surface area contributed by atoms with E-state index < -0.39 is 6.04 Å². The van der Waals surface area contributed by atoms with E-state index in [2.05, 4.69) is 28.4 Å². The number of carbonyl (C=O) groups is 1. The van der Waals surface area contributed by atoms with Crippen LogP contribution in [0.4, 0.5) is 0 Å². The second kappa shape index (κ2) is 7.18. The summed E-state index contributed by atoms with van der Waals surface area (Å²) >= 11 is 0. The lowest BCUT2D eigenvalue weighted by Crippen LogP contribution is -2.45. The fraction of sp³-hybridized carbons (Fsp3) is 0.227. The molecule has 0 bridgehead atoms. The highest BCUT2D eigenvalue weighted by molar-refractivity contribution is 5.87. The number of carbonyl (C=O) groups excluding carboxylic acids is 1. The van der Waals surface area contributed by atoms with Crippen LogP contribution < -0.4 is 10.1 Å². The zero-order valence-corrected chi connectivity index (χ0v) is 15.0. The Hall–Kier alpha value is -3.23. The molecule has 27 heavy (non-hydrogen) atoms. The van der Waals surface area contributed by atoms with E-state index >= 15 is 0 Å². The molecule has 1 aliphatic heterocycles. The molecule has 1 aliphatic rings. The van der Waals surface area contributed by atoms with Crippen LogP contribution in [0, 0.1) is 12.3 Å². The van der Waals surface area contributed by atoms with Gasteiger partial charge in [0.25, 0.3) is 0 Å². The number of terminal acetylenes is 1. The summed E-state index contributed by atoms with van der Waals surface area (Å²) in [6.45, 7) is 0.234. The van der Waals surface area contributed by atoms with Gasteiger partial charge in [0, 0.05) is 23.0 Å². The number of nitrogens with one attached hydrogen (secondary N) is 2. The maximum atomic E-state index is 12.3. The van der Waals surface area contributed by atoms with Crippen LogP contribution in [0.5, 0.6) is 5.75 Å². The summed E-state index contributed by atoms with van der Waals surface area (Å²) in [7, 11) is 1.42. The molecule has 0 spiro atoms. The van der Waals surface area contributed by atoms with Crippen LogP contribution in [0.3, 0.4) is 0 Å². The lowest BCUT2D eigenvalue weighted by Gasteiger charge is -2.30. The molecule has 1 unspecified atom stereocenters. The first kappa shape index (κ1) is 17.2. The van der Waals surface area contributed by atoms with Gasteiger partial charge in [-0.2, -0.15) is 0 Å². The number of benzene rings is 2. The zero-order chi connectivity index (χ0) is 18.8. The number of ether oxygens (including phenoxy) is 2. The van der Waals surface area contributed by atoms with Gasteiger partial charge in [-0.25, -0.2) is 0 Å². The summed E-state index contributed by atoms with van der Waals surface area (Å²) in [5, 5.41) is 4.56. The number of methoxy groups -OCH3 is 1. The Balaban J connectivity index is 1.75. The van der Waals surface area contributed by atoms with Crippen LogP contribution in [0.1, 0.15) is 22.9 Å². The number of para-hydroxylation sites is 1. The van der Waals surface area contributed by atoms with Gasteiger partial charge in [0.05, 0.1) is 13.2 Å². The lowest BCUT2D eigenvalue weighted by molar-refractivity contribution is -0.143. The Labute approximate surface area is 157 Å². The van der Waals surface area contributed by atoms with Crippen molar-refractivity contribution in [2.75, 3.05) is 13.7 Å². The zero-order valence-electron chi connectivity index (χ0n) is 15.0. The van der Waals surface area contributed by atoms with Crippen molar-refractivity contribution in [1.82, 2.24) is 10.3 Å². The second-order valence-corrected chi connectivity index (χ2v) is 6.50. The normalized spacial score (nSPS) is 18.5. The van der Waals surface area contributed by atoms with Crippen molar-refractivity contribution < 1.29 is 14.3 Å². The Morgan fingerprint density at radius 2 is 2.00 bits per heavy atom. The first-order chi connectivity index (χ1) is 13.2. The molecular weight excluding hydrogens is 340 g/mol. The SMILES string of the molecule is C#CCOc1ccc(C2N[C@@H](C(=O)OC)Cc3c2[nH]c2ccccc32)cc1. The number of esters is 1. The summed E-state index contributed by atoms with van der Waals surface area (Å²) in [5.74, 6) is 2.91. The van der Waals surface area contributed by atoms with Gasteiger partial charge in [-0.15, -0.1) is 6.42 Å². The largest absolute Gasteiger partial charge is 0.481 e. The maximum absolute atomic E-state index is 12.3. The average molecular weight is 360 g/mol. The lowest BCUT2D eigenvalue weighted by atomic mass is 9.90. The number of aromatic amines is 1. The number of rotatable bonds is 4. The molecule has 136 valence electrons. The van der Waals surface area contributed by atoms with E-state index in [0.29, 0.717) is 12.2 Å². The van der Waals surface area contributed by atoms with Crippen LogP contribution in [0.25, 0.3) is 10.9 Å². The van der Waals surface area contributed by atoms with E-state index in [4.69, 9.17) is 15.9 Å². The highest BCUT2D eigenvalue weighted by Gasteiger charge is 2.34. The van der Waals surface area contributed by atoms with Crippen LogP contribution >= 0.6 is 0 Å². The minimum absolute atomic E-state index is 0.146. The van der Waals surface area contributed by atoms with Crippen molar-refractivity contribution in [1.29, 1.82) is 0 Å². The molecule has 0 amide bonds. The van der Waals surface area contributed by atoms with Gasteiger partial charge >= 0.3 is 5.97 Å². The van der Waals surface area contributed by atoms with E-state index in [1.807, 2.05) is 36.4 Å². The summed E-state index contributed by atoms with van der Waals surface area (Å²) in [6, 6.07) is 15.3. The third-order valence-corrected chi connectivity index (χ3v) is 4.93. The minimum atomic E-state index is -0.399. The second-order valence-electron chi connectivity index (χ2n) is 6.50. The van der Waals surface area contributed by atoms with Gasteiger partial charge in [0.2, 0.25) is 0 Å². The van der Waals surface area contributed by atoms with Crippen molar-refractivity contribution in [3.8, 4) is 18.1 Å². The highest BCUT2D eigenvalue weighted by atomic mass is 16.5. The van der Waals surface area contributed by atoms with Gasteiger partial charge in [0.15, 0.2) is 0 Å². The fourth-order valence-electron chi connectivity index (χ4n) is 3.67. The summed E-state index contributed by atoms with van der Waals surface area (Å²) in [5.41, 5.74) is 4.32. The molecule has 2 N–H and O–H groups in total.